The Kier molecular flexibility index (Phi) is 9.08. The number of rotatable bonds is 7. The fourth-order valence-electron chi connectivity index (χ4n) is 2.07. The van der Waals surface area contributed by atoms with E-state index in [2.05, 4.69) is 53.1 Å². The van der Waals surface area contributed by atoms with Gasteiger partial charge in [0.1, 0.15) is 6.61 Å². The number of carbonyl (C=O) groups excluding carboxylic acids is 2. The number of benzene rings is 2. The summed E-state index contributed by atoms with van der Waals surface area (Å²) in [6, 6.07) is 13.8. The van der Waals surface area contributed by atoms with Crippen molar-refractivity contribution in [1.29, 1.82) is 0 Å². The lowest BCUT2D eigenvalue weighted by atomic mass is 10.2. The Bertz CT molecular complexity index is 811. The smallest absolute Gasteiger partial charge is 0.369 e. The van der Waals surface area contributed by atoms with E-state index >= 15 is 0 Å². The molecule has 28 heavy (non-hydrogen) atoms. The van der Waals surface area contributed by atoms with Crippen LogP contribution in [0.3, 0.4) is 0 Å². The summed E-state index contributed by atoms with van der Waals surface area (Å²) >= 11 is 21.9. The fraction of sp³-hybridized carbons (Fsp3) is 0.222. The molecule has 0 saturated heterocycles. The van der Waals surface area contributed by atoms with Crippen LogP contribution >= 0.6 is 71.0 Å². The molecule has 10 heteroatoms. The maximum atomic E-state index is 12.5. The molecule has 150 valence electrons. The summed E-state index contributed by atoms with van der Waals surface area (Å²) in [5, 5.41) is 3.27. The molecular formula is C18H14Br3Cl2NO4. The number of nitrogens with one attached hydrogen (secondary N) is 1. The van der Waals surface area contributed by atoms with Crippen molar-refractivity contribution in [2.75, 3.05) is 11.9 Å². The molecule has 0 aliphatic carbocycles. The summed E-state index contributed by atoms with van der Waals surface area (Å²) in [4.78, 5) is 24.8. The second-order valence-corrected chi connectivity index (χ2v) is 13.6. The summed E-state index contributed by atoms with van der Waals surface area (Å²) < 4.78 is 9.67. The van der Waals surface area contributed by atoms with Gasteiger partial charge in [-0.2, -0.15) is 0 Å². The van der Waals surface area contributed by atoms with Crippen LogP contribution in [0.4, 0.5) is 5.69 Å². The lowest BCUT2D eigenvalue weighted by Gasteiger charge is -2.21. The van der Waals surface area contributed by atoms with E-state index in [1.54, 1.807) is 42.5 Å². The highest BCUT2D eigenvalue weighted by atomic mass is 80.0. The molecule has 0 aliphatic heterocycles. The van der Waals surface area contributed by atoms with E-state index < -0.39 is 20.3 Å². The van der Waals surface area contributed by atoms with E-state index in [-0.39, 0.29) is 28.8 Å². The topological polar surface area (TPSA) is 64.6 Å². The van der Waals surface area contributed by atoms with Gasteiger partial charge in [0.15, 0.2) is 2.14 Å². The Balaban J connectivity index is 2.15. The van der Waals surface area contributed by atoms with Crippen molar-refractivity contribution in [3.05, 3.63) is 64.1 Å². The molecule has 0 amide bonds. The first-order valence-corrected chi connectivity index (χ1v) is 11.0. The minimum atomic E-state index is -1.44. The van der Waals surface area contributed by atoms with Gasteiger partial charge >= 0.3 is 11.9 Å². The summed E-state index contributed by atoms with van der Waals surface area (Å²) in [7, 11) is 0. The summed E-state index contributed by atoms with van der Waals surface area (Å²) in [6.07, 6.45) is -1.45. The zero-order valence-corrected chi connectivity index (χ0v) is 20.4. The summed E-state index contributed by atoms with van der Waals surface area (Å²) in [5.74, 6) is -1.44. The summed E-state index contributed by atoms with van der Waals surface area (Å²) in [5.41, 5.74) is 0.999. The van der Waals surface area contributed by atoms with Gasteiger partial charge in [-0.15, -0.1) is 0 Å². The standard InChI is InChI=1S/C18H14Br3Cl2NO4/c19-18(20,21)10-27-17(26)16(24-15-12(22)7-4-8-13(15)23)28-14(25)9-11-5-2-1-3-6-11/h1-8,16,24H,9-10H2. The Morgan fingerprint density at radius 3 is 2.18 bits per heavy atom. The highest BCUT2D eigenvalue weighted by Gasteiger charge is 2.29. The summed E-state index contributed by atoms with van der Waals surface area (Å²) in [6.45, 7) is -0.0868. The molecule has 0 bridgehead atoms. The van der Waals surface area contributed by atoms with E-state index in [4.69, 9.17) is 32.7 Å². The third-order valence-electron chi connectivity index (χ3n) is 3.27. The average Bonchev–Trinajstić information content (AvgIpc) is 2.62. The molecule has 5 nitrogen and oxygen atoms in total. The number of ether oxygens (including phenoxy) is 2. The van der Waals surface area contributed by atoms with E-state index in [9.17, 15) is 9.59 Å². The highest BCUT2D eigenvalue weighted by molar-refractivity contribution is 9.39. The molecule has 0 radical (unpaired) electrons. The molecule has 0 fully saturated rings. The van der Waals surface area contributed by atoms with Crippen molar-refractivity contribution in [2.45, 2.75) is 14.8 Å². The number of para-hydroxylation sites is 1. The average molecular weight is 619 g/mol. The first-order valence-electron chi connectivity index (χ1n) is 7.83. The number of halogens is 5. The number of hydrogen-bond acceptors (Lipinski definition) is 5. The van der Waals surface area contributed by atoms with E-state index in [0.717, 1.165) is 5.56 Å². The Morgan fingerprint density at radius 1 is 1.00 bits per heavy atom. The van der Waals surface area contributed by atoms with Crippen molar-refractivity contribution in [1.82, 2.24) is 0 Å². The van der Waals surface area contributed by atoms with Gasteiger partial charge in [0.05, 0.1) is 22.2 Å². The van der Waals surface area contributed by atoms with E-state index in [1.165, 1.54) is 0 Å². The van der Waals surface area contributed by atoms with Gasteiger partial charge in [0.2, 0.25) is 0 Å². The highest BCUT2D eigenvalue weighted by Crippen LogP contribution is 2.34. The fourth-order valence-corrected chi connectivity index (χ4v) is 2.92. The molecule has 2 aromatic rings. The number of esters is 2. The quantitative estimate of drug-likeness (QED) is 0.238. The van der Waals surface area contributed by atoms with Gasteiger partial charge < -0.3 is 14.8 Å². The number of alkyl halides is 3. The van der Waals surface area contributed by atoms with Crippen LogP contribution in [0, 0.1) is 0 Å². The maximum Gasteiger partial charge on any atom is 0.369 e. The predicted molar refractivity (Wildman–Crippen MR) is 121 cm³/mol. The van der Waals surface area contributed by atoms with Crippen LogP contribution in [0.2, 0.25) is 10.0 Å². The number of carbonyl (C=O) groups is 2. The number of hydrogen-bond donors (Lipinski definition) is 1. The van der Waals surface area contributed by atoms with Crippen LogP contribution in [0.1, 0.15) is 5.56 Å². The second-order valence-electron chi connectivity index (χ2n) is 5.50. The van der Waals surface area contributed by atoms with Crippen LogP contribution in [-0.4, -0.2) is 26.9 Å². The van der Waals surface area contributed by atoms with Crippen LogP contribution in [0.25, 0.3) is 0 Å². The van der Waals surface area contributed by atoms with E-state index in [1.807, 2.05) is 6.07 Å². The molecule has 0 aromatic heterocycles. The minimum Gasteiger partial charge on any atom is -0.458 e. The van der Waals surface area contributed by atoms with Crippen molar-refractivity contribution < 1.29 is 19.1 Å². The van der Waals surface area contributed by atoms with Gasteiger partial charge in [-0.25, -0.2) is 4.79 Å². The van der Waals surface area contributed by atoms with Crippen molar-refractivity contribution in [3.8, 4) is 0 Å². The Hall–Kier alpha value is -0.800. The van der Waals surface area contributed by atoms with Crippen LogP contribution in [0.5, 0.6) is 0 Å². The minimum absolute atomic E-state index is 0.0121. The normalized spacial score (nSPS) is 12.2. The number of anilines is 1. The first-order chi connectivity index (χ1) is 13.2. The van der Waals surface area contributed by atoms with Gasteiger partial charge in [-0.3, -0.25) is 4.79 Å². The maximum absolute atomic E-state index is 12.5. The zero-order chi connectivity index (χ0) is 20.7. The van der Waals surface area contributed by atoms with E-state index in [0.29, 0.717) is 0 Å². The molecule has 0 spiro atoms. The van der Waals surface area contributed by atoms with Crippen molar-refractivity contribution in [3.63, 3.8) is 0 Å². The molecule has 0 saturated carbocycles. The first kappa shape index (κ1) is 23.5. The van der Waals surface area contributed by atoms with Gasteiger partial charge in [-0.1, -0.05) is 107 Å². The monoisotopic (exact) mass is 615 g/mol. The predicted octanol–water partition coefficient (Wildman–Crippen LogP) is 5.90. The Morgan fingerprint density at radius 2 is 1.61 bits per heavy atom. The van der Waals surface area contributed by atoms with Gasteiger partial charge in [0, 0.05) is 0 Å². The third-order valence-corrected chi connectivity index (χ3v) is 4.59. The lowest BCUT2D eigenvalue weighted by molar-refractivity contribution is -0.165. The molecule has 0 aliphatic rings. The van der Waals surface area contributed by atoms with Crippen LogP contribution in [0.15, 0.2) is 48.5 Å². The molecule has 1 atom stereocenters. The largest absolute Gasteiger partial charge is 0.458 e. The Labute approximate surface area is 197 Å². The molecule has 2 rings (SSSR count). The van der Waals surface area contributed by atoms with Crippen LogP contribution in [-0.2, 0) is 25.5 Å². The molecular weight excluding hydrogens is 605 g/mol. The molecule has 1 N–H and O–H groups in total. The van der Waals surface area contributed by atoms with Gasteiger partial charge in [0.25, 0.3) is 6.23 Å². The second kappa shape index (κ2) is 10.8. The molecule has 2 aromatic carbocycles. The SMILES string of the molecule is O=C(Cc1ccccc1)OC(Nc1c(Cl)cccc1Cl)C(=O)OCC(Br)(Br)Br. The van der Waals surface area contributed by atoms with Crippen molar-refractivity contribution >= 4 is 88.6 Å². The van der Waals surface area contributed by atoms with Crippen LogP contribution < -0.4 is 5.32 Å². The molecule has 0 heterocycles. The van der Waals surface area contributed by atoms with Crippen molar-refractivity contribution in [2.24, 2.45) is 0 Å². The lowest BCUT2D eigenvalue weighted by Crippen LogP contribution is -2.37. The molecule has 1 unspecified atom stereocenters. The third kappa shape index (κ3) is 7.91. The van der Waals surface area contributed by atoms with Gasteiger partial charge in [-0.05, 0) is 17.7 Å². The zero-order valence-electron chi connectivity index (χ0n) is 14.1.